The summed E-state index contributed by atoms with van der Waals surface area (Å²) in [7, 11) is 2.17. The summed E-state index contributed by atoms with van der Waals surface area (Å²) in [5.74, 6) is 0.925. The highest BCUT2D eigenvalue weighted by Crippen LogP contribution is 2.54. The number of anilines is 1. The van der Waals surface area contributed by atoms with Crippen molar-refractivity contribution in [2.45, 2.75) is 6.35 Å². The van der Waals surface area contributed by atoms with E-state index in [1.165, 1.54) is 63.9 Å². The molecule has 0 saturated carbocycles. The van der Waals surface area contributed by atoms with Gasteiger partial charge in [0, 0.05) is 43.6 Å². The van der Waals surface area contributed by atoms with Crippen molar-refractivity contribution in [3.63, 3.8) is 0 Å². The van der Waals surface area contributed by atoms with Crippen LogP contribution in [0.2, 0.25) is 0 Å². The fourth-order valence-electron chi connectivity index (χ4n) is 6.67. The Hall–Kier alpha value is -4.80. The highest BCUT2D eigenvalue weighted by molar-refractivity contribution is 7.26. The van der Waals surface area contributed by atoms with E-state index in [1.54, 1.807) is 0 Å². The Morgan fingerprint density at radius 1 is 0.650 bits per heavy atom. The molecule has 9 rings (SSSR count). The van der Waals surface area contributed by atoms with E-state index in [0.29, 0.717) is 0 Å². The summed E-state index contributed by atoms with van der Waals surface area (Å²) in [5.41, 5.74) is 5.94. The number of thiophene rings is 1. The van der Waals surface area contributed by atoms with Crippen LogP contribution in [0.4, 0.5) is 5.69 Å². The Bertz CT molecular complexity index is 2280. The van der Waals surface area contributed by atoms with Crippen LogP contribution in [0.5, 0.6) is 5.75 Å². The molecule has 4 heteroatoms. The van der Waals surface area contributed by atoms with Crippen LogP contribution in [0, 0.1) is 0 Å². The lowest BCUT2D eigenvalue weighted by atomic mass is 10.0. The summed E-state index contributed by atoms with van der Waals surface area (Å²) in [5, 5.41) is 7.59. The zero-order valence-corrected chi connectivity index (χ0v) is 22.7. The molecule has 3 nitrogen and oxygen atoms in total. The van der Waals surface area contributed by atoms with Gasteiger partial charge < -0.3 is 9.64 Å². The van der Waals surface area contributed by atoms with Gasteiger partial charge in [0.25, 0.3) is 6.35 Å². The first-order chi connectivity index (χ1) is 19.8. The number of benzene rings is 6. The van der Waals surface area contributed by atoms with Crippen LogP contribution in [0.25, 0.3) is 63.9 Å². The maximum atomic E-state index is 6.97. The molecule has 2 aromatic heterocycles. The first kappa shape index (κ1) is 22.1. The SMILES string of the molecule is CN1c2c(cc(-c3ccccc3)c3sc4ccccc4c23)OC1n1c2ccccc2c2c3ccccc3ccc21. The third-order valence-corrected chi connectivity index (χ3v) is 9.61. The molecule has 6 aromatic carbocycles. The Labute approximate surface area is 235 Å². The van der Waals surface area contributed by atoms with Gasteiger partial charge in [-0.3, -0.25) is 4.57 Å². The minimum atomic E-state index is -0.313. The molecule has 0 radical (unpaired) electrons. The summed E-state index contributed by atoms with van der Waals surface area (Å²) in [6, 6.07) is 43.5. The normalized spacial score (nSPS) is 15.0. The fourth-order valence-corrected chi connectivity index (χ4v) is 7.91. The predicted octanol–water partition coefficient (Wildman–Crippen LogP) is 9.97. The molecule has 0 fully saturated rings. The maximum Gasteiger partial charge on any atom is 0.257 e. The second kappa shape index (κ2) is 8.10. The van der Waals surface area contributed by atoms with Crippen LogP contribution in [0.3, 0.4) is 0 Å². The van der Waals surface area contributed by atoms with Gasteiger partial charge in [-0.1, -0.05) is 97.1 Å². The van der Waals surface area contributed by atoms with Gasteiger partial charge in [-0.05, 0) is 40.6 Å². The van der Waals surface area contributed by atoms with Crippen LogP contribution in [0.15, 0.2) is 121 Å². The van der Waals surface area contributed by atoms with Gasteiger partial charge in [-0.2, -0.15) is 0 Å². The van der Waals surface area contributed by atoms with Gasteiger partial charge >= 0.3 is 0 Å². The lowest BCUT2D eigenvalue weighted by molar-refractivity contribution is 0.168. The number of para-hydroxylation sites is 1. The molecule has 0 N–H and O–H groups in total. The van der Waals surface area contributed by atoms with Crippen LogP contribution in [-0.4, -0.2) is 11.6 Å². The van der Waals surface area contributed by atoms with E-state index in [0.717, 1.165) is 11.4 Å². The van der Waals surface area contributed by atoms with Crippen molar-refractivity contribution in [3.05, 3.63) is 121 Å². The monoisotopic (exact) mass is 532 g/mol. The summed E-state index contributed by atoms with van der Waals surface area (Å²) in [4.78, 5) is 2.33. The minimum Gasteiger partial charge on any atom is -0.449 e. The predicted molar refractivity (Wildman–Crippen MR) is 170 cm³/mol. The van der Waals surface area contributed by atoms with Crippen molar-refractivity contribution in [1.29, 1.82) is 0 Å². The molecule has 0 bridgehead atoms. The van der Waals surface area contributed by atoms with E-state index < -0.39 is 0 Å². The smallest absolute Gasteiger partial charge is 0.257 e. The Balaban J connectivity index is 1.34. The number of ether oxygens (including phenoxy) is 1. The highest BCUT2D eigenvalue weighted by Gasteiger charge is 2.35. The molecule has 1 aliphatic rings. The lowest BCUT2D eigenvalue weighted by Crippen LogP contribution is -2.28. The lowest BCUT2D eigenvalue weighted by Gasteiger charge is -2.24. The van der Waals surface area contributed by atoms with Crippen LogP contribution in [-0.2, 0) is 0 Å². The molecule has 0 spiro atoms. The first-order valence-corrected chi connectivity index (χ1v) is 14.4. The fraction of sp³-hybridized carbons (Fsp3) is 0.0556. The minimum absolute atomic E-state index is 0.313. The summed E-state index contributed by atoms with van der Waals surface area (Å²) in [6.07, 6.45) is -0.313. The third-order valence-electron chi connectivity index (χ3n) is 8.41. The third kappa shape index (κ3) is 2.89. The number of nitrogens with zero attached hydrogens (tertiary/aromatic N) is 2. The van der Waals surface area contributed by atoms with Gasteiger partial charge in [-0.25, -0.2) is 0 Å². The molecule has 0 amide bonds. The Morgan fingerprint density at radius 2 is 1.38 bits per heavy atom. The van der Waals surface area contributed by atoms with E-state index in [4.69, 9.17) is 4.74 Å². The quantitative estimate of drug-likeness (QED) is 0.220. The zero-order chi connectivity index (χ0) is 26.4. The average molecular weight is 533 g/mol. The molecule has 8 aromatic rings. The molecule has 0 aliphatic carbocycles. The van der Waals surface area contributed by atoms with Gasteiger partial charge in [0.05, 0.1) is 16.7 Å². The van der Waals surface area contributed by atoms with E-state index in [2.05, 4.69) is 138 Å². The number of aromatic nitrogens is 1. The molecule has 0 saturated heterocycles. The average Bonchev–Trinajstić information content (AvgIpc) is 3.66. The van der Waals surface area contributed by atoms with Crippen molar-refractivity contribution in [1.82, 2.24) is 4.57 Å². The molecule has 1 aliphatic heterocycles. The molecule has 1 atom stereocenters. The second-order valence-corrected chi connectivity index (χ2v) is 11.6. The van der Waals surface area contributed by atoms with Crippen molar-refractivity contribution < 1.29 is 4.74 Å². The van der Waals surface area contributed by atoms with Crippen molar-refractivity contribution in [2.24, 2.45) is 0 Å². The number of rotatable bonds is 2. The topological polar surface area (TPSA) is 17.4 Å². The molecule has 40 heavy (non-hydrogen) atoms. The van der Waals surface area contributed by atoms with Crippen molar-refractivity contribution >= 4 is 69.8 Å². The summed E-state index contributed by atoms with van der Waals surface area (Å²) >= 11 is 1.87. The van der Waals surface area contributed by atoms with Crippen LogP contribution >= 0.6 is 11.3 Å². The van der Waals surface area contributed by atoms with Crippen molar-refractivity contribution in [2.75, 3.05) is 11.9 Å². The molecule has 190 valence electrons. The summed E-state index contributed by atoms with van der Waals surface area (Å²) in [6.45, 7) is 0. The van der Waals surface area contributed by atoms with Gasteiger partial charge in [0.1, 0.15) is 5.75 Å². The second-order valence-electron chi connectivity index (χ2n) is 10.6. The van der Waals surface area contributed by atoms with Crippen molar-refractivity contribution in [3.8, 4) is 16.9 Å². The van der Waals surface area contributed by atoms with Gasteiger partial charge in [0.2, 0.25) is 0 Å². The number of hydrogen-bond donors (Lipinski definition) is 0. The molecular formula is C36H24N2OS. The number of hydrogen-bond acceptors (Lipinski definition) is 3. The maximum absolute atomic E-state index is 6.97. The van der Waals surface area contributed by atoms with E-state index in [1.807, 2.05) is 11.3 Å². The molecule has 1 unspecified atom stereocenters. The highest BCUT2D eigenvalue weighted by atomic mass is 32.1. The first-order valence-electron chi connectivity index (χ1n) is 13.6. The summed E-state index contributed by atoms with van der Waals surface area (Å²) < 4.78 is 11.9. The molecule has 3 heterocycles. The van der Waals surface area contributed by atoms with E-state index in [-0.39, 0.29) is 6.35 Å². The van der Waals surface area contributed by atoms with Gasteiger partial charge in [0.15, 0.2) is 0 Å². The van der Waals surface area contributed by atoms with E-state index in [9.17, 15) is 0 Å². The Kier molecular flexibility index (Phi) is 4.47. The molecular weight excluding hydrogens is 508 g/mol. The Morgan fingerprint density at radius 3 is 2.25 bits per heavy atom. The van der Waals surface area contributed by atoms with Gasteiger partial charge in [-0.15, -0.1) is 11.3 Å². The largest absolute Gasteiger partial charge is 0.449 e. The van der Waals surface area contributed by atoms with Crippen LogP contribution in [0.1, 0.15) is 6.35 Å². The van der Waals surface area contributed by atoms with E-state index >= 15 is 0 Å². The standard InChI is InChI=1S/C36H24N2OS/c1-37-34-30(21-27(22-11-3-2-4-12-22)35-33(34)26-16-8-10-18-31(26)40-35)39-36(37)38-28-17-9-7-15-25(28)32-24-14-6-5-13-23(24)19-20-29(32)38/h2-21,36H,1H3. The zero-order valence-electron chi connectivity index (χ0n) is 21.8. The number of fused-ring (bicyclic) bond motifs is 10. The van der Waals surface area contributed by atoms with Crippen LogP contribution < -0.4 is 9.64 Å².